The van der Waals surface area contributed by atoms with Crippen LogP contribution in [0, 0.1) is 11.8 Å². The molecular formula is C24H30ClN3O3. The van der Waals surface area contributed by atoms with Crippen LogP contribution in [0.4, 0.5) is 0 Å². The molecule has 166 valence electrons. The fourth-order valence-corrected chi connectivity index (χ4v) is 4.91. The summed E-state index contributed by atoms with van der Waals surface area (Å²) in [5.41, 5.74) is 1.40. The molecular weight excluding hydrogens is 414 g/mol. The molecule has 1 aromatic carbocycles. The molecule has 2 aliphatic rings. The molecule has 2 heterocycles. The molecule has 1 saturated carbocycles. The van der Waals surface area contributed by atoms with E-state index in [9.17, 15) is 9.59 Å². The van der Waals surface area contributed by atoms with Crippen molar-refractivity contribution in [2.75, 3.05) is 6.54 Å². The van der Waals surface area contributed by atoms with Crippen LogP contribution in [0.1, 0.15) is 62.9 Å². The average Bonchev–Trinajstić information content (AvgIpc) is 3.25. The number of nitrogens with one attached hydrogen (secondary N) is 1. The van der Waals surface area contributed by atoms with Crippen LogP contribution in [-0.2, 0) is 4.79 Å². The smallest absolute Gasteiger partial charge is 0.293 e. The van der Waals surface area contributed by atoms with E-state index in [4.69, 9.17) is 16.1 Å². The quantitative estimate of drug-likeness (QED) is 0.710. The van der Waals surface area contributed by atoms with Gasteiger partial charge < -0.3 is 14.7 Å². The molecule has 2 aromatic rings. The lowest BCUT2D eigenvalue weighted by molar-refractivity contribution is -0.131. The van der Waals surface area contributed by atoms with E-state index in [1.807, 2.05) is 12.1 Å². The van der Waals surface area contributed by atoms with Gasteiger partial charge in [-0.25, -0.2) is 0 Å². The first-order valence-corrected chi connectivity index (χ1v) is 11.6. The van der Waals surface area contributed by atoms with Crippen molar-refractivity contribution in [1.82, 2.24) is 15.4 Å². The van der Waals surface area contributed by atoms with Crippen LogP contribution >= 0.6 is 11.6 Å². The summed E-state index contributed by atoms with van der Waals surface area (Å²) < 4.78 is 5.43. The van der Waals surface area contributed by atoms with Crippen molar-refractivity contribution in [2.24, 2.45) is 11.8 Å². The number of carbonyl (C=O) groups is 2. The Morgan fingerprint density at radius 2 is 1.94 bits per heavy atom. The number of hydrogen-bond acceptors (Lipinski definition) is 4. The summed E-state index contributed by atoms with van der Waals surface area (Å²) in [6.45, 7) is 4.65. The van der Waals surface area contributed by atoms with Gasteiger partial charge in [0.05, 0.1) is 0 Å². The predicted molar refractivity (Wildman–Crippen MR) is 120 cm³/mol. The maximum Gasteiger partial charge on any atom is 0.293 e. The topological polar surface area (TPSA) is 75.4 Å². The molecule has 1 aromatic heterocycles. The number of rotatable bonds is 5. The number of nitrogens with zero attached hydrogens (tertiary/aromatic N) is 2. The van der Waals surface area contributed by atoms with E-state index in [0.29, 0.717) is 29.6 Å². The maximum atomic E-state index is 13.5. The van der Waals surface area contributed by atoms with E-state index < -0.39 is 6.04 Å². The number of benzene rings is 1. The van der Waals surface area contributed by atoms with Gasteiger partial charge in [-0.2, -0.15) is 0 Å². The molecule has 1 aliphatic carbocycles. The molecule has 2 unspecified atom stereocenters. The molecule has 0 spiro atoms. The zero-order valence-corrected chi connectivity index (χ0v) is 18.9. The number of aromatic nitrogens is 1. The van der Waals surface area contributed by atoms with Gasteiger partial charge in [0.25, 0.3) is 5.91 Å². The lowest BCUT2D eigenvalue weighted by atomic mass is 9.82. The third-order valence-corrected chi connectivity index (χ3v) is 6.69. The first-order chi connectivity index (χ1) is 14.9. The van der Waals surface area contributed by atoms with Crippen LogP contribution in [0.2, 0.25) is 5.02 Å². The van der Waals surface area contributed by atoms with Gasteiger partial charge in [0, 0.05) is 29.2 Å². The van der Waals surface area contributed by atoms with Gasteiger partial charge in [0.1, 0.15) is 11.7 Å². The predicted octanol–water partition coefficient (Wildman–Crippen LogP) is 4.93. The average molecular weight is 444 g/mol. The highest BCUT2D eigenvalue weighted by Gasteiger charge is 2.41. The van der Waals surface area contributed by atoms with Gasteiger partial charge in [0.15, 0.2) is 0 Å². The van der Waals surface area contributed by atoms with Gasteiger partial charge >= 0.3 is 0 Å². The number of carbonyl (C=O) groups excluding carboxylic acids is 2. The second kappa shape index (κ2) is 9.43. The van der Waals surface area contributed by atoms with Gasteiger partial charge in [-0.05, 0) is 43.2 Å². The standard InChI is InChI=1S/C24H30ClN3O3/c1-15(2)12-21-23(29)26-20(16-6-4-3-5-7-16)14-28(21)24(30)22-13-19(27-31-22)17-8-10-18(25)11-9-17/h8-11,13,15-16,20-21H,3-7,12,14H2,1-2H3,(H,26,29). The van der Waals surface area contributed by atoms with E-state index in [2.05, 4.69) is 24.3 Å². The monoisotopic (exact) mass is 443 g/mol. The van der Waals surface area contributed by atoms with Crippen LogP contribution in [0.15, 0.2) is 34.9 Å². The van der Waals surface area contributed by atoms with Crippen LogP contribution in [-0.4, -0.2) is 40.5 Å². The number of halogens is 1. The van der Waals surface area contributed by atoms with Crippen molar-refractivity contribution >= 4 is 23.4 Å². The van der Waals surface area contributed by atoms with Crippen molar-refractivity contribution in [2.45, 2.75) is 64.5 Å². The Hall–Kier alpha value is -2.34. The maximum absolute atomic E-state index is 13.5. The molecule has 1 N–H and O–H groups in total. The Morgan fingerprint density at radius 1 is 1.23 bits per heavy atom. The molecule has 7 heteroatoms. The summed E-state index contributed by atoms with van der Waals surface area (Å²) in [4.78, 5) is 28.2. The van der Waals surface area contributed by atoms with Crippen LogP contribution < -0.4 is 5.32 Å². The Labute approximate surface area is 188 Å². The molecule has 2 amide bonds. The minimum Gasteiger partial charge on any atom is -0.350 e. The summed E-state index contributed by atoms with van der Waals surface area (Å²) >= 11 is 5.96. The summed E-state index contributed by atoms with van der Waals surface area (Å²) in [7, 11) is 0. The van der Waals surface area contributed by atoms with Crippen LogP contribution in [0.5, 0.6) is 0 Å². The minimum atomic E-state index is -0.489. The Kier molecular flexibility index (Phi) is 6.65. The summed E-state index contributed by atoms with van der Waals surface area (Å²) in [6, 6.07) is 8.38. The van der Waals surface area contributed by atoms with Crippen molar-refractivity contribution in [3.63, 3.8) is 0 Å². The number of hydrogen-bond donors (Lipinski definition) is 1. The fraction of sp³-hybridized carbons (Fsp3) is 0.542. The molecule has 1 saturated heterocycles. The van der Waals surface area contributed by atoms with Crippen molar-refractivity contribution < 1.29 is 14.1 Å². The molecule has 6 nitrogen and oxygen atoms in total. The van der Waals surface area contributed by atoms with Gasteiger partial charge in [-0.3, -0.25) is 9.59 Å². The molecule has 2 atom stereocenters. The summed E-state index contributed by atoms with van der Waals surface area (Å²) in [6.07, 6.45) is 6.45. The van der Waals surface area contributed by atoms with E-state index in [-0.39, 0.29) is 29.5 Å². The number of piperazine rings is 1. The fourth-order valence-electron chi connectivity index (χ4n) is 4.79. The van der Waals surface area contributed by atoms with Gasteiger partial charge in [-0.15, -0.1) is 0 Å². The van der Waals surface area contributed by atoms with E-state index in [0.717, 1.165) is 18.4 Å². The zero-order valence-electron chi connectivity index (χ0n) is 18.1. The molecule has 2 fully saturated rings. The first kappa shape index (κ1) is 21.9. The largest absolute Gasteiger partial charge is 0.350 e. The Morgan fingerprint density at radius 3 is 2.61 bits per heavy atom. The highest BCUT2D eigenvalue weighted by Crippen LogP contribution is 2.31. The Balaban J connectivity index is 1.57. The lowest BCUT2D eigenvalue weighted by Gasteiger charge is -2.43. The van der Waals surface area contributed by atoms with E-state index >= 15 is 0 Å². The Bertz CT molecular complexity index is 918. The highest BCUT2D eigenvalue weighted by molar-refractivity contribution is 6.30. The summed E-state index contributed by atoms with van der Waals surface area (Å²) in [5, 5.41) is 7.93. The summed E-state index contributed by atoms with van der Waals surface area (Å²) in [5.74, 6) is 0.551. The van der Waals surface area contributed by atoms with Crippen LogP contribution in [0.3, 0.4) is 0 Å². The normalized spacial score (nSPS) is 22.6. The van der Waals surface area contributed by atoms with Crippen LogP contribution in [0.25, 0.3) is 11.3 Å². The first-order valence-electron chi connectivity index (χ1n) is 11.3. The molecule has 0 bridgehead atoms. The third-order valence-electron chi connectivity index (χ3n) is 6.44. The SMILES string of the molecule is CC(C)CC1C(=O)NC(C2CCCCC2)CN1C(=O)c1cc(-c2ccc(Cl)cc2)no1. The van der Waals surface area contributed by atoms with Crippen molar-refractivity contribution in [3.05, 3.63) is 41.1 Å². The van der Waals surface area contributed by atoms with E-state index in [1.54, 1.807) is 23.1 Å². The number of amides is 2. The van der Waals surface area contributed by atoms with Gasteiger partial charge in [0.2, 0.25) is 11.7 Å². The highest BCUT2D eigenvalue weighted by atomic mass is 35.5. The second-order valence-electron chi connectivity index (χ2n) is 9.20. The van der Waals surface area contributed by atoms with Crippen molar-refractivity contribution in [1.29, 1.82) is 0 Å². The van der Waals surface area contributed by atoms with E-state index in [1.165, 1.54) is 19.3 Å². The minimum absolute atomic E-state index is 0.00109. The second-order valence-corrected chi connectivity index (χ2v) is 9.64. The zero-order chi connectivity index (χ0) is 22.0. The molecule has 4 rings (SSSR count). The molecule has 31 heavy (non-hydrogen) atoms. The molecule has 0 radical (unpaired) electrons. The van der Waals surface area contributed by atoms with Gasteiger partial charge in [-0.1, -0.05) is 62.0 Å². The molecule has 1 aliphatic heterocycles. The lowest BCUT2D eigenvalue weighted by Crippen LogP contribution is -2.63. The third kappa shape index (κ3) is 4.95. The van der Waals surface area contributed by atoms with Crippen molar-refractivity contribution in [3.8, 4) is 11.3 Å².